The normalized spacial score (nSPS) is 10.4. The van der Waals surface area contributed by atoms with E-state index in [0.717, 1.165) is 6.07 Å². The van der Waals surface area contributed by atoms with Gasteiger partial charge in [-0.25, -0.2) is 8.78 Å². The van der Waals surface area contributed by atoms with Gasteiger partial charge in [0, 0.05) is 19.0 Å². The molecule has 0 heterocycles. The lowest BCUT2D eigenvalue weighted by Crippen LogP contribution is -2.07. The van der Waals surface area contributed by atoms with Crippen molar-refractivity contribution in [2.45, 2.75) is 32.1 Å². The quantitative estimate of drug-likeness (QED) is 0.414. The maximum absolute atomic E-state index is 13.5. The summed E-state index contributed by atoms with van der Waals surface area (Å²) < 4.78 is 26.6. The van der Waals surface area contributed by atoms with Crippen molar-refractivity contribution < 1.29 is 23.6 Å². The van der Waals surface area contributed by atoms with Crippen LogP contribution in [-0.2, 0) is 4.79 Å². The number of carbonyl (C=O) groups is 1. The van der Waals surface area contributed by atoms with Crippen LogP contribution in [0.25, 0.3) is 0 Å². The summed E-state index contributed by atoms with van der Waals surface area (Å²) in [4.78, 5) is 20.3. The third kappa shape index (κ3) is 5.33. The van der Waals surface area contributed by atoms with Gasteiger partial charge in [0.1, 0.15) is 0 Å². The number of anilines is 1. The standard InChI is InChI=1S/C13H16F2N2O4/c14-9-6-7-10(17(20)21)13(12(9)15)16-8-4-2-1-3-5-11(18)19/h6-7,16H,1-5,8H2,(H,18,19). The molecule has 1 aromatic carbocycles. The van der Waals surface area contributed by atoms with Crippen molar-refractivity contribution in [3.8, 4) is 0 Å². The Morgan fingerprint density at radius 2 is 1.90 bits per heavy atom. The second kappa shape index (κ2) is 8.13. The lowest BCUT2D eigenvalue weighted by Gasteiger charge is -2.08. The Hall–Kier alpha value is -2.25. The maximum atomic E-state index is 13.5. The van der Waals surface area contributed by atoms with E-state index in [0.29, 0.717) is 31.7 Å². The number of rotatable bonds is 9. The molecular weight excluding hydrogens is 286 g/mol. The van der Waals surface area contributed by atoms with Crippen LogP contribution < -0.4 is 5.32 Å². The number of nitro groups is 1. The topological polar surface area (TPSA) is 92.5 Å². The molecule has 0 saturated carbocycles. The summed E-state index contributed by atoms with van der Waals surface area (Å²) in [5.74, 6) is -3.27. The van der Waals surface area contributed by atoms with Gasteiger partial charge in [-0.2, -0.15) is 0 Å². The number of hydrogen-bond acceptors (Lipinski definition) is 4. The largest absolute Gasteiger partial charge is 0.481 e. The molecule has 0 radical (unpaired) electrons. The predicted molar refractivity (Wildman–Crippen MR) is 72.2 cm³/mol. The lowest BCUT2D eigenvalue weighted by atomic mass is 10.1. The Morgan fingerprint density at radius 3 is 2.52 bits per heavy atom. The summed E-state index contributed by atoms with van der Waals surface area (Å²) in [7, 11) is 0. The van der Waals surface area contributed by atoms with Crippen molar-refractivity contribution in [2.75, 3.05) is 11.9 Å². The van der Waals surface area contributed by atoms with Gasteiger partial charge in [0.15, 0.2) is 17.3 Å². The average molecular weight is 302 g/mol. The Labute approximate surface area is 119 Å². The summed E-state index contributed by atoms with van der Waals surface area (Å²) >= 11 is 0. The first kappa shape index (κ1) is 16.8. The summed E-state index contributed by atoms with van der Waals surface area (Å²) in [5.41, 5.74) is -0.967. The van der Waals surface area contributed by atoms with Crippen LogP contribution in [0.1, 0.15) is 32.1 Å². The minimum atomic E-state index is -1.27. The van der Waals surface area contributed by atoms with E-state index in [1.54, 1.807) is 0 Å². The van der Waals surface area contributed by atoms with Crippen molar-refractivity contribution in [1.29, 1.82) is 0 Å². The third-order valence-electron chi connectivity index (χ3n) is 2.89. The first-order valence-corrected chi connectivity index (χ1v) is 6.51. The molecule has 0 fully saturated rings. The Bertz CT molecular complexity index is 523. The van der Waals surface area contributed by atoms with Crippen molar-refractivity contribution in [1.82, 2.24) is 0 Å². The van der Waals surface area contributed by atoms with Gasteiger partial charge in [-0.05, 0) is 18.9 Å². The fourth-order valence-corrected chi connectivity index (χ4v) is 1.83. The number of nitro benzene ring substituents is 1. The summed E-state index contributed by atoms with van der Waals surface area (Å²) in [6, 6.07) is 1.62. The number of carboxylic acids is 1. The number of halogens is 2. The average Bonchev–Trinajstić information content (AvgIpc) is 2.41. The highest BCUT2D eigenvalue weighted by Crippen LogP contribution is 2.29. The highest BCUT2D eigenvalue weighted by Gasteiger charge is 2.20. The van der Waals surface area contributed by atoms with Crippen molar-refractivity contribution >= 4 is 17.3 Å². The third-order valence-corrected chi connectivity index (χ3v) is 2.89. The van der Waals surface area contributed by atoms with Crippen LogP contribution >= 0.6 is 0 Å². The molecule has 116 valence electrons. The van der Waals surface area contributed by atoms with Crippen molar-refractivity contribution in [3.05, 3.63) is 33.9 Å². The molecule has 2 N–H and O–H groups in total. The van der Waals surface area contributed by atoms with Gasteiger partial charge < -0.3 is 10.4 Å². The van der Waals surface area contributed by atoms with E-state index in [2.05, 4.69) is 5.32 Å². The molecule has 0 saturated heterocycles. The molecule has 6 nitrogen and oxygen atoms in total. The molecule has 0 aliphatic carbocycles. The molecular formula is C13H16F2N2O4. The highest BCUT2D eigenvalue weighted by molar-refractivity contribution is 5.66. The van der Waals surface area contributed by atoms with E-state index in [1.165, 1.54) is 0 Å². The maximum Gasteiger partial charge on any atom is 0.303 e. The van der Waals surface area contributed by atoms with Crippen LogP contribution in [-0.4, -0.2) is 22.5 Å². The number of benzene rings is 1. The molecule has 8 heteroatoms. The van der Waals surface area contributed by atoms with Crippen LogP contribution in [0.4, 0.5) is 20.2 Å². The number of aliphatic carboxylic acids is 1. The molecule has 21 heavy (non-hydrogen) atoms. The molecule has 0 spiro atoms. The molecule has 0 aromatic heterocycles. The van der Waals surface area contributed by atoms with Crippen molar-refractivity contribution in [2.24, 2.45) is 0 Å². The molecule has 1 rings (SSSR count). The van der Waals surface area contributed by atoms with Gasteiger partial charge in [0.25, 0.3) is 5.69 Å². The van der Waals surface area contributed by atoms with Crippen LogP contribution in [0.3, 0.4) is 0 Å². The van der Waals surface area contributed by atoms with Gasteiger partial charge in [0.2, 0.25) is 0 Å². The zero-order valence-electron chi connectivity index (χ0n) is 11.3. The molecule has 0 aliphatic heterocycles. The Kier molecular flexibility index (Phi) is 6.51. The SMILES string of the molecule is O=C(O)CCCCCCNc1c([N+](=O)[O-])ccc(F)c1F. The first-order valence-electron chi connectivity index (χ1n) is 6.51. The number of nitrogens with zero attached hydrogens (tertiary/aromatic N) is 1. The van der Waals surface area contributed by atoms with E-state index >= 15 is 0 Å². The van der Waals surface area contributed by atoms with E-state index < -0.39 is 33.9 Å². The van der Waals surface area contributed by atoms with Gasteiger partial charge in [-0.15, -0.1) is 0 Å². The minimum absolute atomic E-state index is 0.0947. The van der Waals surface area contributed by atoms with Gasteiger partial charge in [-0.1, -0.05) is 12.8 Å². The number of nitrogens with one attached hydrogen (secondary N) is 1. The molecule has 0 bridgehead atoms. The fourth-order valence-electron chi connectivity index (χ4n) is 1.83. The van der Waals surface area contributed by atoms with Gasteiger partial charge in [0.05, 0.1) is 4.92 Å². The predicted octanol–water partition coefficient (Wildman–Crippen LogP) is 3.32. The number of hydrogen-bond donors (Lipinski definition) is 2. The van der Waals surface area contributed by atoms with Gasteiger partial charge in [-0.3, -0.25) is 14.9 Å². The zero-order valence-corrected chi connectivity index (χ0v) is 11.3. The Morgan fingerprint density at radius 1 is 1.24 bits per heavy atom. The molecule has 0 amide bonds. The highest BCUT2D eigenvalue weighted by atomic mass is 19.2. The van der Waals surface area contributed by atoms with Gasteiger partial charge >= 0.3 is 5.97 Å². The molecule has 0 unspecified atom stereocenters. The van der Waals surface area contributed by atoms with E-state index in [9.17, 15) is 23.7 Å². The Balaban J connectivity index is 2.46. The summed E-state index contributed by atoms with van der Waals surface area (Å²) in [6.45, 7) is 0.244. The van der Waals surface area contributed by atoms with Crippen LogP contribution in [0.15, 0.2) is 12.1 Å². The lowest BCUT2D eigenvalue weighted by molar-refractivity contribution is -0.384. The number of carboxylic acid groups (broad SMARTS) is 1. The second-order valence-corrected chi connectivity index (χ2v) is 4.50. The smallest absolute Gasteiger partial charge is 0.303 e. The fraction of sp³-hybridized carbons (Fsp3) is 0.462. The number of unbranched alkanes of at least 4 members (excludes halogenated alkanes) is 3. The zero-order chi connectivity index (χ0) is 15.8. The van der Waals surface area contributed by atoms with Crippen LogP contribution in [0.5, 0.6) is 0 Å². The second-order valence-electron chi connectivity index (χ2n) is 4.50. The van der Waals surface area contributed by atoms with E-state index in [-0.39, 0.29) is 13.0 Å². The molecule has 1 aromatic rings. The van der Waals surface area contributed by atoms with E-state index in [4.69, 9.17) is 5.11 Å². The summed E-state index contributed by atoms with van der Waals surface area (Å²) in [6.07, 6.45) is 2.61. The molecule has 0 aliphatic rings. The van der Waals surface area contributed by atoms with Crippen molar-refractivity contribution in [3.63, 3.8) is 0 Å². The van der Waals surface area contributed by atoms with Crippen LogP contribution in [0.2, 0.25) is 0 Å². The van der Waals surface area contributed by atoms with Crippen LogP contribution in [0, 0.1) is 21.7 Å². The monoisotopic (exact) mass is 302 g/mol. The molecule has 0 atom stereocenters. The van der Waals surface area contributed by atoms with E-state index in [1.807, 2.05) is 0 Å². The minimum Gasteiger partial charge on any atom is -0.481 e. The summed E-state index contributed by atoms with van der Waals surface area (Å²) in [5, 5.41) is 21.7. The first-order chi connectivity index (χ1) is 9.93.